The van der Waals surface area contributed by atoms with Crippen molar-refractivity contribution < 1.29 is 4.74 Å². The third-order valence-corrected chi connectivity index (χ3v) is 1.70. The van der Waals surface area contributed by atoms with Crippen LogP contribution in [0, 0.1) is 0 Å². The normalized spacial score (nSPS) is 12.8. The summed E-state index contributed by atoms with van der Waals surface area (Å²) >= 11 is 0. The van der Waals surface area contributed by atoms with Crippen molar-refractivity contribution in [3.63, 3.8) is 0 Å². The van der Waals surface area contributed by atoms with Crippen LogP contribution in [0.25, 0.3) is 0 Å². The Morgan fingerprint density at radius 3 is 2.40 bits per heavy atom. The number of hydrogen-bond acceptors (Lipinski definition) is 1. The predicted octanol–water partition coefficient (Wildman–Crippen LogP) is 2.77. The molecule has 0 aromatic carbocycles. The summed E-state index contributed by atoms with van der Waals surface area (Å²) in [6.07, 6.45) is 6.44. The minimum Gasteiger partial charge on any atom is -0.379 e. The van der Waals surface area contributed by atoms with Crippen molar-refractivity contribution in [1.82, 2.24) is 0 Å². The Morgan fingerprint density at radius 1 is 1.40 bits per heavy atom. The maximum atomic E-state index is 5.25. The van der Waals surface area contributed by atoms with Crippen molar-refractivity contribution in [2.24, 2.45) is 0 Å². The van der Waals surface area contributed by atoms with E-state index in [0.29, 0.717) is 0 Å². The average Bonchev–Trinajstić information content (AvgIpc) is 1.89. The molecule has 0 fully saturated rings. The molecule has 0 radical (unpaired) electrons. The highest BCUT2D eigenvalue weighted by Crippen LogP contribution is 2.15. The van der Waals surface area contributed by atoms with E-state index in [-0.39, 0.29) is 5.60 Å². The lowest BCUT2D eigenvalue weighted by atomic mass is 10.0. The molecule has 0 aliphatic rings. The molecule has 0 bridgehead atoms. The zero-order valence-electron chi connectivity index (χ0n) is 7.48. The van der Waals surface area contributed by atoms with Gasteiger partial charge in [-0.05, 0) is 33.6 Å². The van der Waals surface area contributed by atoms with E-state index in [0.717, 1.165) is 12.8 Å². The third kappa shape index (κ3) is 4.57. The lowest BCUT2D eigenvalue weighted by Crippen LogP contribution is -2.21. The molecule has 0 saturated heterocycles. The predicted molar refractivity (Wildman–Crippen MR) is 45.1 cm³/mol. The van der Waals surface area contributed by atoms with Gasteiger partial charge in [0, 0.05) is 7.11 Å². The molecular weight excluding hydrogens is 124 g/mol. The molecule has 0 unspecified atom stereocenters. The number of allylic oxidation sites excluding steroid dienone is 2. The molecule has 1 heteroatoms. The Kier molecular flexibility index (Phi) is 4.37. The standard InChI is InChI=1S/C9H18O/c1-5-6-7-8-9(2,3)10-4/h5-6H,7-8H2,1-4H3. The summed E-state index contributed by atoms with van der Waals surface area (Å²) in [7, 11) is 1.76. The first-order chi connectivity index (χ1) is 4.62. The molecular formula is C9H18O. The lowest BCUT2D eigenvalue weighted by molar-refractivity contribution is 0.0163. The van der Waals surface area contributed by atoms with Gasteiger partial charge in [-0.2, -0.15) is 0 Å². The van der Waals surface area contributed by atoms with Gasteiger partial charge in [0.25, 0.3) is 0 Å². The van der Waals surface area contributed by atoms with Gasteiger partial charge in [0.05, 0.1) is 5.60 Å². The highest BCUT2D eigenvalue weighted by Gasteiger charge is 2.13. The molecule has 0 amide bonds. The number of rotatable bonds is 4. The van der Waals surface area contributed by atoms with Gasteiger partial charge in [0.1, 0.15) is 0 Å². The SMILES string of the molecule is CC=CCCC(C)(C)OC. The van der Waals surface area contributed by atoms with E-state index in [1.54, 1.807) is 7.11 Å². The highest BCUT2D eigenvalue weighted by atomic mass is 16.5. The molecule has 0 spiro atoms. The first-order valence-electron chi connectivity index (χ1n) is 3.78. The van der Waals surface area contributed by atoms with Gasteiger partial charge in [-0.3, -0.25) is 0 Å². The van der Waals surface area contributed by atoms with Crippen LogP contribution >= 0.6 is 0 Å². The monoisotopic (exact) mass is 142 g/mol. The summed E-state index contributed by atoms with van der Waals surface area (Å²) in [5, 5.41) is 0. The lowest BCUT2D eigenvalue weighted by Gasteiger charge is -2.21. The number of ether oxygens (including phenoxy) is 1. The van der Waals surface area contributed by atoms with E-state index in [1.807, 2.05) is 6.92 Å². The summed E-state index contributed by atoms with van der Waals surface area (Å²) in [6, 6.07) is 0. The minimum atomic E-state index is 0.0412. The van der Waals surface area contributed by atoms with Gasteiger partial charge in [0.15, 0.2) is 0 Å². The van der Waals surface area contributed by atoms with Crippen LogP contribution in [0.1, 0.15) is 33.6 Å². The van der Waals surface area contributed by atoms with Crippen LogP contribution in [-0.2, 0) is 4.74 Å². The largest absolute Gasteiger partial charge is 0.379 e. The van der Waals surface area contributed by atoms with E-state index in [2.05, 4.69) is 26.0 Å². The van der Waals surface area contributed by atoms with Gasteiger partial charge < -0.3 is 4.74 Å². The van der Waals surface area contributed by atoms with E-state index < -0.39 is 0 Å². The van der Waals surface area contributed by atoms with Crippen molar-refractivity contribution in [2.45, 2.75) is 39.2 Å². The third-order valence-electron chi connectivity index (χ3n) is 1.70. The fraction of sp³-hybridized carbons (Fsp3) is 0.778. The Hall–Kier alpha value is -0.300. The molecule has 0 aromatic heterocycles. The quantitative estimate of drug-likeness (QED) is 0.548. The Balaban J connectivity index is 3.46. The van der Waals surface area contributed by atoms with Crippen molar-refractivity contribution in [3.05, 3.63) is 12.2 Å². The molecule has 0 aliphatic carbocycles. The van der Waals surface area contributed by atoms with Crippen LogP contribution in [0.15, 0.2) is 12.2 Å². The van der Waals surface area contributed by atoms with Gasteiger partial charge in [-0.15, -0.1) is 0 Å². The van der Waals surface area contributed by atoms with Crippen LogP contribution in [-0.4, -0.2) is 12.7 Å². The number of methoxy groups -OCH3 is 1. The van der Waals surface area contributed by atoms with E-state index in [1.165, 1.54) is 0 Å². The van der Waals surface area contributed by atoms with Crippen molar-refractivity contribution in [3.8, 4) is 0 Å². The Labute approximate surface area is 64.1 Å². The molecule has 0 aliphatic heterocycles. The molecule has 0 heterocycles. The van der Waals surface area contributed by atoms with Gasteiger partial charge >= 0.3 is 0 Å². The first-order valence-corrected chi connectivity index (χ1v) is 3.78. The van der Waals surface area contributed by atoms with Crippen molar-refractivity contribution >= 4 is 0 Å². The van der Waals surface area contributed by atoms with E-state index >= 15 is 0 Å². The Morgan fingerprint density at radius 2 is 2.00 bits per heavy atom. The van der Waals surface area contributed by atoms with E-state index in [9.17, 15) is 0 Å². The Bertz CT molecular complexity index is 103. The minimum absolute atomic E-state index is 0.0412. The maximum absolute atomic E-state index is 5.25. The zero-order valence-corrected chi connectivity index (χ0v) is 7.48. The van der Waals surface area contributed by atoms with Crippen molar-refractivity contribution in [1.29, 1.82) is 0 Å². The maximum Gasteiger partial charge on any atom is 0.0625 e. The molecule has 10 heavy (non-hydrogen) atoms. The molecule has 0 rings (SSSR count). The van der Waals surface area contributed by atoms with Crippen LogP contribution in [0.5, 0.6) is 0 Å². The second-order valence-electron chi connectivity index (χ2n) is 3.07. The van der Waals surface area contributed by atoms with Crippen molar-refractivity contribution in [2.75, 3.05) is 7.11 Å². The summed E-state index contributed by atoms with van der Waals surface area (Å²) < 4.78 is 5.25. The fourth-order valence-corrected chi connectivity index (χ4v) is 0.700. The second-order valence-corrected chi connectivity index (χ2v) is 3.07. The highest BCUT2D eigenvalue weighted by molar-refractivity contribution is 4.80. The molecule has 1 nitrogen and oxygen atoms in total. The number of hydrogen-bond donors (Lipinski definition) is 0. The first kappa shape index (κ1) is 9.70. The zero-order chi connectivity index (χ0) is 8.04. The topological polar surface area (TPSA) is 9.23 Å². The molecule has 60 valence electrons. The molecule has 0 N–H and O–H groups in total. The van der Waals surface area contributed by atoms with Crippen LogP contribution in [0.4, 0.5) is 0 Å². The van der Waals surface area contributed by atoms with Crippen LogP contribution < -0.4 is 0 Å². The second kappa shape index (κ2) is 4.51. The summed E-state index contributed by atoms with van der Waals surface area (Å²) in [5.74, 6) is 0. The van der Waals surface area contributed by atoms with Gasteiger partial charge in [-0.1, -0.05) is 12.2 Å². The fourth-order valence-electron chi connectivity index (χ4n) is 0.700. The molecule has 0 atom stereocenters. The molecule has 0 aromatic rings. The van der Waals surface area contributed by atoms with Gasteiger partial charge in [0.2, 0.25) is 0 Å². The summed E-state index contributed by atoms with van der Waals surface area (Å²) in [6.45, 7) is 6.26. The van der Waals surface area contributed by atoms with Crippen LogP contribution in [0.3, 0.4) is 0 Å². The van der Waals surface area contributed by atoms with Crippen LogP contribution in [0.2, 0.25) is 0 Å². The van der Waals surface area contributed by atoms with Gasteiger partial charge in [-0.25, -0.2) is 0 Å². The summed E-state index contributed by atoms with van der Waals surface area (Å²) in [5.41, 5.74) is 0.0412. The van der Waals surface area contributed by atoms with E-state index in [4.69, 9.17) is 4.74 Å². The smallest absolute Gasteiger partial charge is 0.0625 e. The average molecular weight is 142 g/mol. The summed E-state index contributed by atoms with van der Waals surface area (Å²) in [4.78, 5) is 0. The molecule has 0 saturated carbocycles.